The molecule has 1 N–H and O–H groups in total. The third-order valence-corrected chi connectivity index (χ3v) is 3.47. The van der Waals surface area contributed by atoms with E-state index in [1.165, 1.54) is 23.9 Å². The normalized spacial score (nSPS) is 14.3. The lowest BCUT2D eigenvalue weighted by Gasteiger charge is -2.11. The largest absolute Gasteiger partial charge is 0.496 e. The quantitative estimate of drug-likeness (QED) is 0.926. The number of rotatable bonds is 4. The molecule has 3 rings (SSSR count). The summed E-state index contributed by atoms with van der Waals surface area (Å²) in [6.07, 6.45) is 2.09. The van der Waals surface area contributed by atoms with Crippen molar-refractivity contribution in [2.75, 3.05) is 7.11 Å². The van der Waals surface area contributed by atoms with E-state index in [1.54, 1.807) is 0 Å². The molecule has 2 aromatic rings. The van der Waals surface area contributed by atoms with Crippen LogP contribution in [0.2, 0.25) is 5.02 Å². The second kappa shape index (κ2) is 4.75. The number of nitrogens with zero attached hydrogens (tertiary/aromatic N) is 4. The molecule has 7 nitrogen and oxygen atoms in total. The highest BCUT2D eigenvalue weighted by molar-refractivity contribution is 6.32. The van der Waals surface area contributed by atoms with Crippen LogP contribution in [0.5, 0.6) is 5.75 Å². The lowest BCUT2D eigenvalue weighted by molar-refractivity contribution is 0.0693. The molecule has 1 saturated carbocycles. The Morgan fingerprint density at radius 1 is 1.50 bits per heavy atom. The number of aromatic nitrogens is 4. The fraction of sp³-hybridized carbons (Fsp3) is 0.333. The minimum absolute atomic E-state index is 0.00213. The number of tetrazole rings is 1. The lowest BCUT2D eigenvalue weighted by Crippen LogP contribution is -2.06. The van der Waals surface area contributed by atoms with Crippen molar-refractivity contribution in [1.29, 1.82) is 0 Å². The van der Waals surface area contributed by atoms with Crippen molar-refractivity contribution in [3.05, 3.63) is 28.5 Å². The molecule has 8 heteroatoms. The summed E-state index contributed by atoms with van der Waals surface area (Å²) >= 11 is 6.16. The molecule has 0 bridgehead atoms. The van der Waals surface area contributed by atoms with Crippen LogP contribution < -0.4 is 4.74 Å². The van der Waals surface area contributed by atoms with Gasteiger partial charge in [0.05, 0.1) is 17.8 Å². The fourth-order valence-electron chi connectivity index (χ4n) is 2.00. The standard InChI is InChI=1S/C12H11ClN4O3/c1-20-10-5-9(8(13)4-7(10)12(18)19)17-11(6-2-3-6)14-15-16-17/h4-6H,2-3H2,1H3,(H,18,19). The molecular formula is C12H11ClN4O3. The van der Waals surface area contributed by atoms with Gasteiger partial charge in [-0.2, -0.15) is 4.68 Å². The number of halogens is 1. The van der Waals surface area contributed by atoms with Gasteiger partial charge in [0, 0.05) is 12.0 Å². The van der Waals surface area contributed by atoms with Crippen LogP contribution in [0.4, 0.5) is 0 Å². The molecule has 0 spiro atoms. The van der Waals surface area contributed by atoms with Crippen molar-refractivity contribution >= 4 is 17.6 Å². The van der Waals surface area contributed by atoms with Crippen LogP contribution in [-0.2, 0) is 0 Å². The number of benzene rings is 1. The summed E-state index contributed by atoms with van der Waals surface area (Å²) in [5, 5.41) is 21.0. The Bertz CT molecular complexity index is 681. The van der Waals surface area contributed by atoms with Crippen LogP contribution in [0.1, 0.15) is 34.9 Å². The molecule has 1 aromatic heterocycles. The van der Waals surface area contributed by atoms with Gasteiger partial charge in [0.1, 0.15) is 11.3 Å². The van der Waals surface area contributed by atoms with E-state index in [-0.39, 0.29) is 16.3 Å². The van der Waals surface area contributed by atoms with Gasteiger partial charge in [0.15, 0.2) is 5.82 Å². The number of aromatic carboxylic acids is 1. The molecule has 0 unspecified atom stereocenters. The molecule has 1 fully saturated rings. The minimum atomic E-state index is -1.10. The molecule has 0 aliphatic heterocycles. The Kier molecular flexibility index (Phi) is 3.06. The van der Waals surface area contributed by atoms with Gasteiger partial charge in [-0.1, -0.05) is 11.6 Å². The first-order valence-electron chi connectivity index (χ1n) is 6.01. The summed E-state index contributed by atoms with van der Waals surface area (Å²) in [6.45, 7) is 0. The van der Waals surface area contributed by atoms with Gasteiger partial charge in [0.2, 0.25) is 0 Å². The first-order valence-corrected chi connectivity index (χ1v) is 6.39. The average molecular weight is 295 g/mol. The number of carboxylic acids is 1. The monoisotopic (exact) mass is 294 g/mol. The van der Waals surface area contributed by atoms with Crippen molar-refractivity contribution in [2.45, 2.75) is 18.8 Å². The molecule has 0 radical (unpaired) electrons. The number of methoxy groups -OCH3 is 1. The summed E-state index contributed by atoms with van der Waals surface area (Å²) < 4.78 is 6.63. The van der Waals surface area contributed by atoms with Gasteiger partial charge in [-0.25, -0.2) is 4.79 Å². The number of carbonyl (C=O) groups is 1. The fourth-order valence-corrected chi connectivity index (χ4v) is 2.25. The third kappa shape index (κ3) is 2.09. The van der Waals surface area contributed by atoms with Crippen molar-refractivity contribution < 1.29 is 14.6 Å². The second-order valence-electron chi connectivity index (χ2n) is 4.53. The van der Waals surface area contributed by atoms with E-state index in [4.69, 9.17) is 21.4 Å². The Morgan fingerprint density at radius 3 is 2.85 bits per heavy atom. The number of hydrogen-bond donors (Lipinski definition) is 1. The smallest absolute Gasteiger partial charge is 0.339 e. The zero-order valence-electron chi connectivity index (χ0n) is 10.6. The van der Waals surface area contributed by atoms with Crippen LogP contribution >= 0.6 is 11.6 Å². The molecule has 104 valence electrons. The Hall–Kier alpha value is -2.15. The molecule has 20 heavy (non-hydrogen) atoms. The highest BCUT2D eigenvalue weighted by Crippen LogP contribution is 2.40. The van der Waals surface area contributed by atoms with Gasteiger partial charge in [-0.05, 0) is 29.3 Å². The van der Waals surface area contributed by atoms with E-state index < -0.39 is 5.97 Å². The van der Waals surface area contributed by atoms with E-state index in [1.807, 2.05) is 0 Å². The summed E-state index contributed by atoms with van der Waals surface area (Å²) in [7, 11) is 1.40. The molecule has 0 amide bonds. The highest BCUT2D eigenvalue weighted by atomic mass is 35.5. The minimum Gasteiger partial charge on any atom is -0.496 e. The van der Waals surface area contributed by atoms with E-state index in [9.17, 15) is 4.79 Å². The van der Waals surface area contributed by atoms with E-state index in [2.05, 4.69) is 15.5 Å². The molecule has 1 aliphatic rings. The van der Waals surface area contributed by atoms with E-state index in [0.29, 0.717) is 11.6 Å². The highest BCUT2D eigenvalue weighted by Gasteiger charge is 2.31. The van der Waals surface area contributed by atoms with Crippen molar-refractivity contribution in [2.24, 2.45) is 0 Å². The van der Waals surface area contributed by atoms with Crippen LogP contribution in [-0.4, -0.2) is 38.4 Å². The van der Waals surface area contributed by atoms with Gasteiger partial charge < -0.3 is 9.84 Å². The van der Waals surface area contributed by atoms with E-state index >= 15 is 0 Å². The first-order chi connectivity index (χ1) is 9.61. The maximum atomic E-state index is 11.1. The zero-order chi connectivity index (χ0) is 14.3. The first kappa shape index (κ1) is 12.9. The van der Waals surface area contributed by atoms with Gasteiger partial charge >= 0.3 is 5.97 Å². The van der Waals surface area contributed by atoms with Crippen molar-refractivity contribution in [3.63, 3.8) is 0 Å². The van der Waals surface area contributed by atoms with Crippen LogP contribution in [0.25, 0.3) is 5.69 Å². The molecule has 1 aromatic carbocycles. The van der Waals surface area contributed by atoms with Gasteiger partial charge in [0.25, 0.3) is 0 Å². The number of ether oxygens (including phenoxy) is 1. The summed E-state index contributed by atoms with van der Waals surface area (Å²) in [4.78, 5) is 11.1. The molecule has 0 saturated heterocycles. The topological polar surface area (TPSA) is 90.1 Å². The SMILES string of the molecule is COc1cc(-n2nnnc2C2CC2)c(Cl)cc1C(=O)O. The average Bonchev–Trinajstić information content (AvgIpc) is 3.16. The lowest BCUT2D eigenvalue weighted by atomic mass is 10.1. The maximum Gasteiger partial charge on any atom is 0.339 e. The number of carboxylic acid groups (broad SMARTS) is 1. The Labute approximate surface area is 119 Å². The zero-order valence-corrected chi connectivity index (χ0v) is 11.3. The predicted octanol–water partition coefficient (Wildman–Crippen LogP) is 1.90. The summed E-state index contributed by atoms with van der Waals surface area (Å²) in [6, 6.07) is 2.88. The Balaban J connectivity index is 2.13. The van der Waals surface area contributed by atoms with Gasteiger partial charge in [-0.3, -0.25) is 0 Å². The van der Waals surface area contributed by atoms with Crippen LogP contribution in [0.15, 0.2) is 12.1 Å². The molecule has 0 atom stereocenters. The number of hydrogen-bond acceptors (Lipinski definition) is 5. The third-order valence-electron chi connectivity index (χ3n) is 3.16. The molecular weight excluding hydrogens is 284 g/mol. The maximum absolute atomic E-state index is 11.1. The molecule has 1 heterocycles. The van der Waals surface area contributed by atoms with Crippen molar-refractivity contribution in [1.82, 2.24) is 20.2 Å². The molecule has 1 aliphatic carbocycles. The van der Waals surface area contributed by atoms with Crippen molar-refractivity contribution in [3.8, 4) is 11.4 Å². The van der Waals surface area contributed by atoms with Gasteiger partial charge in [-0.15, -0.1) is 5.10 Å². The van der Waals surface area contributed by atoms with Crippen LogP contribution in [0, 0.1) is 0 Å². The predicted molar refractivity (Wildman–Crippen MR) is 69.7 cm³/mol. The summed E-state index contributed by atoms with van der Waals surface area (Å²) in [5.41, 5.74) is 0.516. The Morgan fingerprint density at radius 2 is 2.25 bits per heavy atom. The van der Waals surface area contributed by atoms with Crippen LogP contribution in [0.3, 0.4) is 0 Å². The second-order valence-corrected chi connectivity index (χ2v) is 4.94. The van der Waals surface area contributed by atoms with E-state index in [0.717, 1.165) is 18.7 Å². The summed E-state index contributed by atoms with van der Waals surface area (Å²) in [5.74, 6) is 0.187.